The SMILES string of the molecule is [2H]c1c2ccccc2c(-c2ccc3c(c2)oc2c(-c4c5ccccc5c([2H])c5ccccc45)cccc23)c2ccccc12. The second-order valence-corrected chi connectivity index (χ2v) is 10.7. The van der Waals surface area contributed by atoms with Gasteiger partial charge in [-0.3, -0.25) is 0 Å². The molecule has 0 saturated heterocycles. The van der Waals surface area contributed by atoms with Crippen molar-refractivity contribution >= 4 is 65.0 Å². The van der Waals surface area contributed by atoms with Crippen molar-refractivity contribution in [2.75, 3.05) is 0 Å². The van der Waals surface area contributed by atoms with E-state index in [1.165, 1.54) is 0 Å². The largest absolute Gasteiger partial charge is 0.455 e. The molecule has 0 N–H and O–H groups in total. The summed E-state index contributed by atoms with van der Waals surface area (Å²) in [5, 5.41) is 10.1. The van der Waals surface area contributed by atoms with Gasteiger partial charge in [0.1, 0.15) is 11.2 Å². The van der Waals surface area contributed by atoms with E-state index in [0.29, 0.717) is 12.1 Å². The van der Waals surface area contributed by atoms with Crippen LogP contribution in [0.5, 0.6) is 0 Å². The van der Waals surface area contributed by atoms with Crippen LogP contribution in [0.2, 0.25) is 0 Å². The zero-order chi connectivity index (χ0) is 28.7. The summed E-state index contributed by atoms with van der Waals surface area (Å²) in [6.45, 7) is 0. The summed E-state index contributed by atoms with van der Waals surface area (Å²) in [4.78, 5) is 0. The molecule has 0 bridgehead atoms. The number of hydrogen-bond acceptors (Lipinski definition) is 1. The summed E-state index contributed by atoms with van der Waals surface area (Å²) >= 11 is 0. The summed E-state index contributed by atoms with van der Waals surface area (Å²) in [6.07, 6.45) is 0. The van der Waals surface area contributed by atoms with Gasteiger partial charge in [0.15, 0.2) is 0 Å². The van der Waals surface area contributed by atoms with E-state index in [4.69, 9.17) is 7.16 Å². The Morgan fingerprint density at radius 1 is 0.415 bits per heavy atom. The molecule has 0 spiro atoms. The molecule has 41 heavy (non-hydrogen) atoms. The van der Waals surface area contributed by atoms with Crippen LogP contribution in [0.15, 0.2) is 150 Å². The van der Waals surface area contributed by atoms with Crippen molar-refractivity contribution in [2.24, 2.45) is 0 Å². The lowest BCUT2D eigenvalue weighted by molar-refractivity contribution is 0.670. The number of para-hydroxylation sites is 1. The van der Waals surface area contributed by atoms with E-state index in [1.807, 2.05) is 72.8 Å². The van der Waals surface area contributed by atoms with E-state index in [2.05, 4.69) is 60.7 Å². The third-order valence-electron chi connectivity index (χ3n) is 8.38. The van der Waals surface area contributed by atoms with Crippen molar-refractivity contribution in [1.29, 1.82) is 0 Å². The molecule has 9 aromatic rings. The maximum Gasteiger partial charge on any atom is 0.143 e. The second-order valence-electron chi connectivity index (χ2n) is 10.7. The first-order valence-corrected chi connectivity index (χ1v) is 13.9. The smallest absolute Gasteiger partial charge is 0.143 e. The van der Waals surface area contributed by atoms with Gasteiger partial charge in [-0.15, -0.1) is 0 Å². The van der Waals surface area contributed by atoms with Gasteiger partial charge in [0.25, 0.3) is 0 Å². The highest BCUT2D eigenvalue weighted by molar-refractivity contribution is 6.19. The van der Waals surface area contributed by atoms with Crippen LogP contribution in [-0.4, -0.2) is 0 Å². The zero-order valence-corrected chi connectivity index (χ0v) is 22.1. The summed E-state index contributed by atoms with van der Waals surface area (Å²) < 4.78 is 24.6. The molecule has 0 amide bonds. The van der Waals surface area contributed by atoms with E-state index in [0.717, 1.165) is 87.3 Å². The molecule has 1 heteroatoms. The van der Waals surface area contributed by atoms with Crippen LogP contribution in [-0.2, 0) is 0 Å². The second kappa shape index (κ2) is 8.55. The first-order chi connectivity index (χ1) is 21.2. The average molecular weight is 523 g/mol. The van der Waals surface area contributed by atoms with Crippen molar-refractivity contribution in [1.82, 2.24) is 0 Å². The Bertz CT molecular complexity index is 2480. The van der Waals surface area contributed by atoms with Crippen LogP contribution in [0.1, 0.15) is 2.74 Å². The Hall–Kier alpha value is -5.40. The van der Waals surface area contributed by atoms with Gasteiger partial charge in [-0.05, 0) is 78.4 Å². The third-order valence-corrected chi connectivity index (χ3v) is 8.38. The van der Waals surface area contributed by atoms with Crippen LogP contribution in [0.4, 0.5) is 0 Å². The molecule has 190 valence electrons. The minimum atomic E-state index is 0.550. The van der Waals surface area contributed by atoms with Gasteiger partial charge < -0.3 is 4.42 Å². The minimum Gasteiger partial charge on any atom is -0.455 e. The summed E-state index contributed by atoms with van der Waals surface area (Å²) in [6, 6.07) is 46.8. The van der Waals surface area contributed by atoms with Gasteiger partial charge in [0, 0.05) is 21.9 Å². The molecule has 1 aromatic heterocycles. The van der Waals surface area contributed by atoms with E-state index in [9.17, 15) is 0 Å². The van der Waals surface area contributed by atoms with Crippen LogP contribution in [0.25, 0.3) is 87.3 Å². The lowest BCUT2D eigenvalue weighted by atomic mass is 9.91. The third kappa shape index (κ3) is 3.30. The lowest BCUT2D eigenvalue weighted by Crippen LogP contribution is -1.86. The predicted octanol–water partition coefficient (Wildman–Crippen LogP) is 11.5. The van der Waals surface area contributed by atoms with Gasteiger partial charge in [-0.1, -0.05) is 121 Å². The minimum absolute atomic E-state index is 0.550. The fourth-order valence-electron chi connectivity index (χ4n) is 6.57. The first kappa shape index (κ1) is 20.5. The van der Waals surface area contributed by atoms with Gasteiger partial charge >= 0.3 is 0 Å². The quantitative estimate of drug-likeness (QED) is 0.206. The summed E-state index contributed by atoms with van der Waals surface area (Å²) in [5.41, 5.74) is 5.97. The number of hydrogen-bond donors (Lipinski definition) is 0. The maximum absolute atomic E-state index is 8.94. The number of rotatable bonds is 2. The summed E-state index contributed by atoms with van der Waals surface area (Å²) in [7, 11) is 0. The van der Waals surface area contributed by atoms with E-state index < -0.39 is 0 Å². The maximum atomic E-state index is 8.94. The van der Waals surface area contributed by atoms with Crippen molar-refractivity contribution < 1.29 is 7.16 Å². The molecule has 0 saturated carbocycles. The molecule has 1 heterocycles. The molecule has 1 nitrogen and oxygen atoms in total. The van der Waals surface area contributed by atoms with Crippen molar-refractivity contribution in [3.63, 3.8) is 0 Å². The Morgan fingerprint density at radius 3 is 1.46 bits per heavy atom. The zero-order valence-electron chi connectivity index (χ0n) is 24.1. The van der Waals surface area contributed by atoms with Crippen LogP contribution >= 0.6 is 0 Å². The molecule has 0 aliphatic rings. The van der Waals surface area contributed by atoms with E-state index in [-0.39, 0.29) is 0 Å². The number of benzene rings is 8. The standard InChI is InChI=1S/C40H24O/c1-5-14-30-25(10-1)22-26-11-2-6-15-31(26)38(30)29-20-21-34-35-18-9-19-36(40(35)41-37(34)24-29)39-32-16-7-3-12-27(32)23-28-13-4-8-17-33(28)39/h1-24H/i22D,23D. The van der Waals surface area contributed by atoms with Gasteiger partial charge in [0.05, 0.1) is 2.74 Å². The Morgan fingerprint density at radius 2 is 0.902 bits per heavy atom. The summed E-state index contributed by atoms with van der Waals surface area (Å²) in [5.74, 6) is 0. The Kier molecular flexibility index (Phi) is 4.27. The first-order valence-electron chi connectivity index (χ1n) is 14.9. The number of furan rings is 1. The molecule has 0 unspecified atom stereocenters. The molecular formula is C40H24O. The van der Waals surface area contributed by atoms with Crippen LogP contribution in [0.3, 0.4) is 0 Å². The highest BCUT2D eigenvalue weighted by Crippen LogP contribution is 2.44. The highest BCUT2D eigenvalue weighted by Gasteiger charge is 2.18. The van der Waals surface area contributed by atoms with E-state index >= 15 is 0 Å². The molecule has 0 radical (unpaired) electrons. The Labute approximate surface area is 239 Å². The molecule has 0 aliphatic carbocycles. The molecule has 0 aliphatic heterocycles. The van der Waals surface area contributed by atoms with Crippen molar-refractivity contribution in [3.05, 3.63) is 146 Å². The van der Waals surface area contributed by atoms with E-state index in [1.54, 1.807) is 0 Å². The van der Waals surface area contributed by atoms with Gasteiger partial charge in [-0.25, -0.2) is 0 Å². The highest BCUT2D eigenvalue weighted by atomic mass is 16.3. The fourth-order valence-corrected chi connectivity index (χ4v) is 6.57. The predicted molar refractivity (Wildman–Crippen MR) is 175 cm³/mol. The monoisotopic (exact) mass is 522 g/mol. The van der Waals surface area contributed by atoms with Gasteiger partial charge in [-0.2, -0.15) is 0 Å². The molecular weight excluding hydrogens is 496 g/mol. The Balaban J connectivity index is 1.35. The normalized spacial score (nSPS) is 12.6. The average Bonchev–Trinajstić information content (AvgIpc) is 3.44. The van der Waals surface area contributed by atoms with Crippen LogP contribution < -0.4 is 0 Å². The molecule has 9 rings (SSSR count). The fraction of sp³-hybridized carbons (Fsp3) is 0. The number of fused-ring (bicyclic) bond motifs is 7. The molecule has 0 fully saturated rings. The lowest BCUT2D eigenvalue weighted by Gasteiger charge is -2.12. The van der Waals surface area contributed by atoms with Crippen LogP contribution in [0, 0.1) is 0 Å². The topological polar surface area (TPSA) is 13.1 Å². The van der Waals surface area contributed by atoms with Crippen molar-refractivity contribution in [2.45, 2.75) is 0 Å². The molecule has 0 atom stereocenters. The molecule has 8 aromatic carbocycles. The van der Waals surface area contributed by atoms with Crippen molar-refractivity contribution in [3.8, 4) is 22.3 Å². The van der Waals surface area contributed by atoms with Gasteiger partial charge in [0.2, 0.25) is 0 Å².